The number of carbonyl (C=O) groups excluding carboxylic acids is 2. The Morgan fingerprint density at radius 1 is 0.875 bits per heavy atom. The van der Waals surface area contributed by atoms with E-state index in [2.05, 4.69) is 24.0 Å². The fourth-order valence-electron chi connectivity index (χ4n) is 4.68. The summed E-state index contributed by atoms with van der Waals surface area (Å²) in [6, 6.07) is 7.42. The molecule has 48 heavy (non-hydrogen) atoms. The average molecular weight is 706 g/mol. The third kappa shape index (κ3) is 10.6. The molecule has 0 aliphatic carbocycles. The third-order valence-corrected chi connectivity index (χ3v) is 8.95. The van der Waals surface area contributed by atoms with Gasteiger partial charge in [-0.05, 0) is 44.9 Å². The number of nitrogens with zero attached hydrogens (tertiary/aromatic N) is 5. The number of amides is 1. The molecule has 0 bridgehead atoms. The lowest BCUT2D eigenvalue weighted by Gasteiger charge is -2.14. The summed E-state index contributed by atoms with van der Waals surface area (Å²) in [5, 5.41) is 10.1. The van der Waals surface area contributed by atoms with Gasteiger partial charge in [0.05, 0.1) is 52.0 Å². The second-order valence-electron chi connectivity index (χ2n) is 11.0. The van der Waals surface area contributed by atoms with Gasteiger partial charge in [-0.25, -0.2) is 9.79 Å². The Kier molecular flexibility index (Phi) is 14.9. The predicted molar refractivity (Wildman–Crippen MR) is 181 cm³/mol. The van der Waals surface area contributed by atoms with Crippen molar-refractivity contribution < 1.29 is 38.0 Å². The number of halogens is 1. The Hall–Kier alpha value is -3.24. The highest BCUT2D eigenvalue weighted by Crippen LogP contribution is 2.39. The molecule has 1 unspecified atom stereocenters. The maximum atomic E-state index is 12.9. The lowest BCUT2D eigenvalue weighted by Crippen LogP contribution is -2.28. The van der Waals surface area contributed by atoms with Crippen molar-refractivity contribution in [1.82, 2.24) is 19.7 Å². The Labute approximate surface area is 290 Å². The van der Waals surface area contributed by atoms with Crippen LogP contribution in [0.25, 0.3) is 5.00 Å². The molecule has 262 valence electrons. The summed E-state index contributed by atoms with van der Waals surface area (Å²) in [5.74, 6) is 0.521. The van der Waals surface area contributed by atoms with Crippen molar-refractivity contribution >= 4 is 40.5 Å². The molecule has 15 heteroatoms. The lowest BCUT2D eigenvalue weighted by molar-refractivity contribution is -0.155. The zero-order valence-electron chi connectivity index (χ0n) is 28.2. The SMILES string of the molecule is CC(=O)N(C)CCOCCOCCCOCCOCCOCC(=O)OC1N=C(c2ccc(Cl)cc2)c2c(sc(C)c2C)-n2c(C)nnc21. The van der Waals surface area contributed by atoms with Crippen LogP contribution in [-0.4, -0.2) is 117 Å². The monoisotopic (exact) mass is 705 g/mol. The van der Waals surface area contributed by atoms with Gasteiger partial charge in [-0.1, -0.05) is 23.7 Å². The Bertz CT molecular complexity index is 1530. The molecule has 0 radical (unpaired) electrons. The number of rotatable bonds is 20. The first-order valence-corrected chi connectivity index (χ1v) is 17.0. The molecule has 0 N–H and O–H groups in total. The van der Waals surface area contributed by atoms with Crippen molar-refractivity contribution in [2.24, 2.45) is 4.99 Å². The number of aryl methyl sites for hydroxylation is 2. The summed E-state index contributed by atoms with van der Waals surface area (Å²) in [4.78, 5) is 31.7. The van der Waals surface area contributed by atoms with E-state index < -0.39 is 12.2 Å². The molecule has 0 saturated carbocycles. The molecule has 3 heterocycles. The Morgan fingerprint density at radius 3 is 2.12 bits per heavy atom. The molecule has 4 rings (SSSR count). The standard InChI is InChI=1S/C33H44ClN5O8S/c1-22-23(2)48-33-29(22)30(26-7-9-27(34)10-8-26)35-32(31-37-36-24(3)39(31)33)47-28(41)21-46-20-19-45-18-16-43-13-6-12-42-15-17-44-14-11-38(5)25(4)40/h7-10,32H,6,11-21H2,1-5H3. The van der Waals surface area contributed by atoms with Crippen LogP contribution in [0.5, 0.6) is 0 Å². The summed E-state index contributed by atoms with van der Waals surface area (Å²) in [6.45, 7) is 11.8. The van der Waals surface area contributed by atoms with Crippen molar-refractivity contribution in [2.45, 2.75) is 40.3 Å². The average Bonchev–Trinajstić information content (AvgIpc) is 3.54. The highest BCUT2D eigenvalue weighted by atomic mass is 35.5. The normalized spacial score (nSPS) is 13.9. The first kappa shape index (κ1) is 37.6. The first-order chi connectivity index (χ1) is 23.2. The molecule has 1 aliphatic rings. The molecular weight excluding hydrogens is 662 g/mol. The molecule has 13 nitrogen and oxygen atoms in total. The van der Waals surface area contributed by atoms with Crippen LogP contribution in [-0.2, 0) is 38.0 Å². The molecule has 0 saturated heterocycles. The van der Waals surface area contributed by atoms with Crippen LogP contribution < -0.4 is 0 Å². The number of thiophene rings is 1. The Balaban J connectivity index is 1.14. The molecule has 0 spiro atoms. The third-order valence-electron chi connectivity index (χ3n) is 7.51. The van der Waals surface area contributed by atoms with E-state index in [1.165, 1.54) is 6.92 Å². The number of fused-ring (bicyclic) bond motifs is 3. The van der Waals surface area contributed by atoms with Crippen molar-refractivity contribution in [2.75, 3.05) is 79.7 Å². The van der Waals surface area contributed by atoms with Crippen LogP contribution in [0.3, 0.4) is 0 Å². The smallest absolute Gasteiger partial charge is 0.334 e. The van der Waals surface area contributed by atoms with E-state index >= 15 is 0 Å². The maximum Gasteiger partial charge on any atom is 0.334 e. The van der Waals surface area contributed by atoms with Gasteiger partial charge in [0.2, 0.25) is 11.7 Å². The van der Waals surface area contributed by atoms with E-state index in [1.807, 2.05) is 35.8 Å². The molecule has 0 fully saturated rings. The fourth-order valence-corrected chi connectivity index (χ4v) is 6.02. The minimum Gasteiger partial charge on any atom is -0.430 e. The summed E-state index contributed by atoms with van der Waals surface area (Å²) in [7, 11) is 1.74. The van der Waals surface area contributed by atoms with E-state index in [0.717, 1.165) is 33.0 Å². The fraction of sp³-hybridized carbons (Fsp3) is 0.545. The highest BCUT2D eigenvalue weighted by molar-refractivity contribution is 7.15. The molecule has 1 amide bonds. The number of carbonyl (C=O) groups is 2. The molecule has 1 atom stereocenters. The van der Waals surface area contributed by atoms with Crippen LogP contribution in [0, 0.1) is 20.8 Å². The van der Waals surface area contributed by atoms with Crippen molar-refractivity contribution in [3.05, 3.63) is 62.5 Å². The van der Waals surface area contributed by atoms with E-state index in [9.17, 15) is 9.59 Å². The van der Waals surface area contributed by atoms with Gasteiger partial charge in [-0.3, -0.25) is 9.36 Å². The van der Waals surface area contributed by atoms with Crippen molar-refractivity contribution in [1.29, 1.82) is 0 Å². The Morgan fingerprint density at radius 2 is 1.48 bits per heavy atom. The predicted octanol–water partition coefficient (Wildman–Crippen LogP) is 4.25. The molecule has 1 aromatic carbocycles. The molecule has 3 aromatic rings. The van der Waals surface area contributed by atoms with Crippen LogP contribution in [0.1, 0.15) is 52.8 Å². The maximum absolute atomic E-state index is 12.9. The number of benzene rings is 1. The van der Waals surface area contributed by atoms with Gasteiger partial charge < -0.3 is 33.3 Å². The summed E-state index contributed by atoms with van der Waals surface area (Å²) in [5.41, 5.74) is 3.56. The largest absolute Gasteiger partial charge is 0.430 e. The molecule has 1 aliphatic heterocycles. The van der Waals surface area contributed by atoms with E-state index in [-0.39, 0.29) is 19.1 Å². The van der Waals surface area contributed by atoms with Gasteiger partial charge in [-0.2, -0.15) is 0 Å². The lowest BCUT2D eigenvalue weighted by atomic mass is 10.00. The molecular formula is C33H44ClN5O8S. The van der Waals surface area contributed by atoms with E-state index in [4.69, 9.17) is 45.0 Å². The zero-order chi connectivity index (χ0) is 34.5. The topological polar surface area (TPSA) is 136 Å². The van der Waals surface area contributed by atoms with Crippen LogP contribution in [0.4, 0.5) is 0 Å². The second-order valence-corrected chi connectivity index (χ2v) is 12.7. The van der Waals surface area contributed by atoms with Crippen molar-refractivity contribution in [3.63, 3.8) is 0 Å². The van der Waals surface area contributed by atoms with Crippen LogP contribution in [0.15, 0.2) is 29.3 Å². The summed E-state index contributed by atoms with van der Waals surface area (Å²) in [6.07, 6.45) is -0.265. The van der Waals surface area contributed by atoms with E-state index in [1.54, 1.807) is 23.3 Å². The summed E-state index contributed by atoms with van der Waals surface area (Å²) >= 11 is 7.79. The van der Waals surface area contributed by atoms with Gasteiger partial charge >= 0.3 is 5.97 Å². The first-order valence-electron chi connectivity index (χ1n) is 15.8. The van der Waals surface area contributed by atoms with Gasteiger partial charge in [0.15, 0.2) is 0 Å². The minimum atomic E-state index is -1.02. The number of likely N-dealkylation sites (N-methyl/N-ethyl adjacent to an activating group) is 1. The second kappa shape index (κ2) is 19.1. The summed E-state index contributed by atoms with van der Waals surface area (Å²) < 4.78 is 35.3. The van der Waals surface area contributed by atoms with Gasteiger partial charge in [0, 0.05) is 54.8 Å². The number of hydrogen-bond donors (Lipinski definition) is 0. The van der Waals surface area contributed by atoms with Gasteiger partial charge in [0.1, 0.15) is 17.4 Å². The van der Waals surface area contributed by atoms with Gasteiger partial charge in [-0.15, -0.1) is 21.5 Å². The number of ether oxygens (including phenoxy) is 6. The number of aliphatic imine (C=N–C) groups is 1. The van der Waals surface area contributed by atoms with E-state index in [0.29, 0.717) is 81.8 Å². The number of esters is 1. The van der Waals surface area contributed by atoms with Crippen LogP contribution >= 0.6 is 22.9 Å². The quantitative estimate of drug-likeness (QED) is 0.124. The number of hydrogen-bond acceptors (Lipinski definition) is 12. The highest BCUT2D eigenvalue weighted by Gasteiger charge is 2.33. The molecule has 2 aromatic heterocycles. The number of aromatic nitrogens is 3. The van der Waals surface area contributed by atoms with Crippen molar-refractivity contribution in [3.8, 4) is 5.00 Å². The zero-order valence-corrected chi connectivity index (χ0v) is 29.7. The van der Waals surface area contributed by atoms with Gasteiger partial charge in [0.25, 0.3) is 6.23 Å². The van der Waals surface area contributed by atoms with Crippen LogP contribution in [0.2, 0.25) is 5.02 Å². The minimum absolute atomic E-state index is 0.0172.